The SMILES string of the molecule is Cc1ccc(CCCC(=O)NC(CN)C2CCCCC2)s1.Cl. The summed E-state index contributed by atoms with van der Waals surface area (Å²) in [5.74, 6) is 0.761. The van der Waals surface area contributed by atoms with Crippen molar-refractivity contribution in [2.45, 2.75) is 64.3 Å². The molecule has 1 aliphatic rings. The Morgan fingerprint density at radius 1 is 1.36 bits per heavy atom. The highest BCUT2D eigenvalue weighted by molar-refractivity contribution is 7.11. The number of thiophene rings is 1. The van der Waals surface area contributed by atoms with Crippen molar-refractivity contribution in [1.29, 1.82) is 0 Å². The van der Waals surface area contributed by atoms with Gasteiger partial charge in [0, 0.05) is 28.8 Å². The van der Waals surface area contributed by atoms with Crippen molar-refractivity contribution in [2.75, 3.05) is 6.54 Å². The number of nitrogens with one attached hydrogen (secondary N) is 1. The number of aryl methyl sites for hydroxylation is 2. The largest absolute Gasteiger partial charge is 0.352 e. The maximum Gasteiger partial charge on any atom is 0.220 e. The number of carbonyl (C=O) groups excluding carboxylic acids is 1. The van der Waals surface area contributed by atoms with Crippen LogP contribution in [0, 0.1) is 12.8 Å². The molecule has 3 nitrogen and oxygen atoms in total. The summed E-state index contributed by atoms with van der Waals surface area (Å²) in [6.07, 6.45) is 8.88. The molecule has 0 aromatic carbocycles. The highest BCUT2D eigenvalue weighted by Gasteiger charge is 2.23. The molecule has 126 valence electrons. The van der Waals surface area contributed by atoms with E-state index in [1.165, 1.54) is 41.9 Å². The molecule has 1 atom stereocenters. The monoisotopic (exact) mass is 344 g/mol. The van der Waals surface area contributed by atoms with Crippen molar-refractivity contribution < 1.29 is 4.79 Å². The zero-order valence-electron chi connectivity index (χ0n) is 13.5. The second-order valence-corrected chi connectivity index (χ2v) is 7.55. The van der Waals surface area contributed by atoms with Gasteiger partial charge in [0.05, 0.1) is 0 Å². The van der Waals surface area contributed by atoms with E-state index in [9.17, 15) is 4.79 Å². The fourth-order valence-electron chi connectivity index (χ4n) is 3.23. The highest BCUT2D eigenvalue weighted by atomic mass is 35.5. The van der Waals surface area contributed by atoms with Gasteiger partial charge in [0.2, 0.25) is 5.91 Å². The predicted octanol–water partition coefficient (Wildman–Crippen LogP) is 3.82. The van der Waals surface area contributed by atoms with Crippen molar-refractivity contribution in [3.63, 3.8) is 0 Å². The summed E-state index contributed by atoms with van der Waals surface area (Å²) in [6.45, 7) is 2.69. The Balaban J connectivity index is 0.00000242. The average Bonchev–Trinajstić information content (AvgIpc) is 2.91. The van der Waals surface area contributed by atoms with Crippen LogP contribution in [0.4, 0.5) is 0 Å². The van der Waals surface area contributed by atoms with E-state index in [0.29, 0.717) is 18.9 Å². The molecule has 0 spiro atoms. The lowest BCUT2D eigenvalue weighted by Crippen LogP contribution is -2.45. The molecule has 22 heavy (non-hydrogen) atoms. The lowest BCUT2D eigenvalue weighted by atomic mass is 9.84. The zero-order chi connectivity index (χ0) is 15.1. The van der Waals surface area contributed by atoms with Gasteiger partial charge in [0.25, 0.3) is 0 Å². The van der Waals surface area contributed by atoms with Crippen LogP contribution in [0.5, 0.6) is 0 Å². The van der Waals surface area contributed by atoms with E-state index in [1.807, 2.05) is 11.3 Å². The number of nitrogens with two attached hydrogens (primary N) is 1. The van der Waals surface area contributed by atoms with E-state index in [4.69, 9.17) is 5.73 Å². The first-order chi connectivity index (χ1) is 10.2. The van der Waals surface area contributed by atoms with Gasteiger partial charge < -0.3 is 11.1 Å². The molecule has 0 aliphatic heterocycles. The van der Waals surface area contributed by atoms with Gasteiger partial charge in [-0.2, -0.15) is 0 Å². The summed E-state index contributed by atoms with van der Waals surface area (Å²) in [7, 11) is 0. The Morgan fingerprint density at radius 2 is 2.09 bits per heavy atom. The van der Waals surface area contributed by atoms with Gasteiger partial charge in [0.15, 0.2) is 0 Å². The molecule has 1 amide bonds. The fourth-order valence-corrected chi connectivity index (χ4v) is 4.16. The minimum absolute atomic E-state index is 0. The number of amides is 1. The van der Waals surface area contributed by atoms with Crippen molar-refractivity contribution in [3.8, 4) is 0 Å². The molecule has 2 rings (SSSR count). The molecule has 1 fully saturated rings. The Bertz CT molecular complexity index is 444. The molecule has 0 radical (unpaired) electrons. The van der Waals surface area contributed by atoms with Gasteiger partial charge in [-0.05, 0) is 50.7 Å². The summed E-state index contributed by atoms with van der Waals surface area (Å²) in [4.78, 5) is 14.8. The van der Waals surface area contributed by atoms with Crippen LogP contribution < -0.4 is 11.1 Å². The van der Waals surface area contributed by atoms with Crippen LogP contribution in [0.1, 0.15) is 54.7 Å². The molecule has 1 aliphatic carbocycles. The third kappa shape index (κ3) is 6.27. The Hall–Kier alpha value is -0.580. The van der Waals surface area contributed by atoms with E-state index < -0.39 is 0 Å². The molecule has 3 N–H and O–H groups in total. The smallest absolute Gasteiger partial charge is 0.220 e. The highest BCUT2D eigenvalue weighted by Crippen LogP contribution is 2.26. The molecule has 1 aromatic rings. The quantitative estimate of drug-likeness (QED) is 0.789. The lowest BCUT2D eigenvalue weighted by Gasteiger charge is -2.30. The average molecular weight is 345 g/mol. The summed E-state index contributed by atoms with van der Waals surface area (Å²) < 4.78 is 0. The van der Waals surface area contributed by atoms with Crippen LogP contribution in [-0.2, 0) is 11.2 Å². The fraction of sp³-hybridized carbons (Fsp3) is 0.706. The molecular weight excluding hydrogens is 316 g/mol. The maximum absolute atomic E-state index is 12.1. The van der Waals surface area contributed by atoms with Gasteiger partial charge >= 0.3 is 0 Å². The standard InChI is InChI=1S/C17H28N2OS.ClH/c1-13-10-11-15(21-13)8-5-9-17(20)19-16(12-18)14-6-3-2-4-7-14;/h10-11,14,16H,2-9,12,18H2,1H3,(H,19,20);1H. The number of hydrogen-bond donors (Lipinski definition) is 2. The number of rotatable bonds is 7. The van der Waals surface area contributed by atoms with Crippen molar-refractivity contribution in [3.05, 3.63) is 21.9 Å². The third-order valence-corrected chi connectivity index (χ3v) is 5.50. The molecule has 0 bridgehead atoms. The van der Waals surface area contributed by atoms with Crippen LogP contribution in [0.25, 0.3) is 0 Å². The van der Waals surface area contributed by atoms with Gasteiger partial charge in [-0.3, -0.25) is 4.79 Å². The van der Waals surface area contributed by atoms with Crippen molar-refractivity contribution in [1.82, 2.24) is 5.32 Å². The first kappa shape index (κ1) is 19.5. The summed E-state index contributed by atoms with van der Waals surface area (Å²) >= 11 is 1.83. The topological polar surface area (TPSA) is 55.1 Å². The van der Waals surface area contributed by atoms with Gasteiger partial charge in [-0.15, -0.1) is 23.7 Å². The van der Waals surface area contributed by atoms with Crippen LogP contribution in [0.2, 0.25) is 0 Å². The normalized spacial score (nSPS) is 16.8. The molecule has 1 saturated carbocycles. The van der Waals surface area contributed by atoms with Gasteiger partial charge in [-0.1, -0.05) is 19.3 Å². The Kier molecular flexibility index (Phi) is 9.06. The van der Waals surface area contributed by atoms with Gasteiger partial charge in [-0.25, -0.2) is 0 Å². The molecule has 5 heteroatoms. The van der Waals surface area contributed by atoms with Crippen LogP contribution >= 0.6 is 23.7 Å². The van der Waals surface area contributed by atoms with E-state index in [0.717, 1.165) is 12.8 Å². The molecule has 0 saturated heterocycles. The van der Waals surface area contributed by atoms with Gasteiger partial charge in [0.1, 0.15) is 0 Å². The molecule has 1 unspecified atom stereocenters. The molecule has 1 aromatic heterocycles. The number of hydrogen-bond acceptors (Lipinski definition) is 3. The summed E-state index contributed by atoms with van der Waals surface area (Å²) in [6, 6.07) is 4.50. The predicted molar refractivity (Wildman–Crippen MR) is 96.8 cm³/mol. The molecular formula is C17H29ClN2OS. The number of halogens is 1. The Labute approximate surface area is 144 Å². The summed E-state index contributed by atoms with van der Waals surface area (Å²) in [5, 5.41) is 3.17. The minimum atomic E-state index is 0. The minimum Gasteiger partial charge on any atom is -0.352 e. The third-order valence-electron chi connectivity index (χ3n) is 4.44. The first-order valence-electron chi connectivity index (χ1n) is 8.24. The van der Waals surface area contributed by atoms with E-state index in [-0.39, 0.29) is 24.4 Å². The van der Waals surface area contributed by atoms with E-state index >= 15 is 0 Å². The van der Waals surface area contributed by atoms with Crippen molar-refractivity contribution >= 4 is 29.7 Å². The van der Waals surface area contributed by atoms with Crippen LogP contribution in [0.3, 0.4) is 0 Å². The van der Waals surface area contributed by atoms with Crippen LogP contribution in [-0.4, -0.2) is 18.5 Å². The van der Waals surface area contributed by atoms with Crippen LogP contribution in [0.15, 0.2) is 12.1 Å². The maximum atomic E-state index is 12.1. The van der Waals surface area contributed by atoms with E-state index in [2.05, 4.69) is 24.4 Å². The van der Waals surface area contributed by atoms with Crippen molar-refractivity contribution in [2.24, 2.45) is 11.7 Å². The second kappa shape index (κ2) is 10.2. The Morgan fingerprint density at radius 3 is 2.68 bits per heavy atom. The zero-order valence-corrected chi connectivity index (χ0v) is 15.1. The molecule has 1 heterocycles. The lowest BCUT2D eigenvalue weighted by molar-refractivity contribution is -0.122. The summed E-state index contributed by atoms with van der Waals surface area (Å²) in [5.41, 5.74) is 5.86. The second-order valence-electron chi connectivity index (χ2n) is 6.17. The first-order valence-corrected chi connectivity index (χ1v) is 9.05. The van der Waals surface area contributed by atoms with E-state index in [1.54, 1.807) is 0 Å². The number of carbonyl (C=O) groups is 1.